The summed E-state index contributed by atoms with van der Waals surface area (Å²) < 4.78 is 1.64. The molecule has 1 atom stereocenters. The monoisotopic (exact) mass is 202 g/mol. The van der Waals surface area contributed by atoms with Gasteiger partial charge in [0.2, 0.25) is 0 Å². The van der Waals surface area contributed by atoms with Crippen molar-refractivity contribution in [3.05, 3.63) is 17.4 Å². The number of hydrogen-bond acceptors (Lipinski definition) is 3. The zero-order valence-electron chi connectivity index (χ0n) is 7.18. The largest absolute Gasteiger partial charge is 0.409 e. The Bertz CT molecular complexity index is 309. The highest BCUT2D eigenvalue weighted by Gasteiger charge is 2.08. The molecule has 5 nitrogen and oxygen atoms in total. The Kier molecular flexibility index (Phi) is 3.13. The van der Waals surface area contributed by atoms with Crippen LogP contribution >= 0.6 is 11.6 Å². The lowest BCUT2D eigenvalue weighted by atomic mass is 10.1. The first-order chi connectivity index (χ1) is 6.13. The smallest absolute Gasteiger partial charge is 0.143 e. The number of nitrogens with two attached hydrogens (primary N) is 1. The summed E-state index contributed by atoms with van der Waals surface area (Å²) in [6, 6.07) is 0. The van der Waals surface area contributed by atoms with Crippen LogP contribution < -0.4 is 5.73 Å². The number of amidine groups is 1. The summed E-state index contributed by atoms with van der Waals surface area (Å²) in [6.07, 6.45) is 3.23. The van der Waals surface area contributed by atoms with E-state index < -0.39 is 0 Å². The van der Waals surface area contributed by atoms with Crippen molar-refractivity contribution in [1.29, 1.82) is 0 Å². The number of aromatic nitrogens is 2. The zero-order valence-corrected chi connectivity index (χ0v) is 7.94. The Morgan fingerprint density at radius 2 is 2.62 bits per heavy atom. The third kappa shape index (κ3) is 2.62. The number of nitrogens with zero attached hydrogens (tertiary/aromatic N) is 3. The van der Waals surface area contributed by atoms with Gasteiger partial charge in [-0.05, 0) is 0 Å². The van der Waals surface area contributed by atoms with E-state index in [4.69, 9.17) is 22.5 Å². The maximum atomic E-state index is 8.40. The van der Waals surface area contributed by atoms with Crippen molar-refractivity contribution < 1.29 is 5.21 Å². The molecule has 1 heterocycles. The minimum absolute atomic E-state index is 0.0685. The molecule has 3 N–H and O–H groups in total. The Morgan fingerprint density at radius 1 is 1.92 bits per heavy atom. The summed E-state index contributed by atoms with van der Waals surface area (Å²) in [5.74, 6) is 0.118. The quantitative estimate of drug-likeness (QED) is 0.331. The standard InChI is InChI=1S/C7H11ClN4O/c1-5(7(9)11-13)3-12-4-6(8)2-10-12/h2,4-5,13H,3H2,1H3,(H2,9,11). The Balaban J connectivity index is 2.59. The van der Waals surface area contributed by atoms with Crippen LogP contribution in [-0.4, -0.2) is 20.8 Å². The molecule has 72 valence electrons. The lowest BCUT2D eigenvalue weighted by Gasteiger charge is -2.08. The van der Waals surface area contributed by atoms with Gasteiger partial charge in [0.25, 0.3) is 0 Å². The number of hydrogen-bond donors (Lipinski definition) is 2. The molecular formula is C7H11ClN4O. The third-order valence-corrected chi connectivity index (χ3v) is 1.88. The highest BCUT2D eigenvalue weighted by molar-refractivity contribution is 6.30. The number of rotatable bonds is 3. The molecular weight excluding hydrogens is 192 g/mol. The molecule has 0 aromatic carbocycles. The van der Waals surface area contributed by atoms with Crippen LogP contribution in [0.25, 0.3) is 0 Å². The molecule has 13 heavy (non-hydrogen) atoms. The predicted octanol–water partition coefficient (Wildman–Crippen LogP) is 0.919. The van der Waals surface area contributed by atoms with Gasteiger partial charge in [0, 0.05) is 12.1 Å². The van der Waals surface area contributed by atoms with Crippen molar-refractivity contribution in [2.75, 3.05) is 0 Å². The van der Waals surface area contributed by atoms with Crippen LogP contribution in [0, 0.1) is 5.92 Å². The van der Waals surface area contributed by atoms with Gasteiger partial charge in [-0.25, -0.2) is 0 Å². The molecule has 1 aromatic rings. The first-order valence-corrected chi connectivity index (χ1v) is 4.16. The van der Waals surface area contributed by atoms with Crippen molar-refractivity contribution in [3.8, 4) is 0 Å². The van der Waals surface area contributed by atoms with Crippen LogP contribution in [0.2, 0.25) is 5.02 Å². The molecule has 0 fully saturated rings. The second kappa shape index (κ2) is 4.13. The molecule has 0 saturated carbocycles. The fourth-order valence-corrected chi connectivity index (χ4v) is 1.07. The second-order valence-electron chi connectivity index (χ2n) is 2.81. The van der Waals surface area contributed by atoms with Gasteiger partial charge in [-0.3, -0.25) is 4.68 Å². The van der Waals surface area contributed by atoms with Crippen LogP contribution in [0.1, 0.15) is 6.92 Å². The average molecular weight is 203 g/mol. The lowest BCUT2D eigenvalue weighted by molar-refractivity contribution is 0.313. The Labute approximate surface area is 80.8 Å². The minimum atomic E-state index is -0.0685. The van der Waals surface area contributed by atoms with E-state index in [2.05, 4.69) is 10.3 Å². The highest BCUT2D eigenvalue weighted by Crippen LogP contribution is 2.07. The Morgan fingerprint density at radius 3 is 3.08 bits per heavy atom. The molecule has 0 bridgehead atoms. The normalized spacial score (nSPS) is 14.5. The van der Waals surface area contributed by atoms with Crippen LogP contribution in [-0.2, 0) is 6.54 Å². The molecule has 1 unspecified atom stereocenters. The molecule has 1 rings (SSSR count). The van der Waals surface area contributed by atoms with Gasteiger partial charge in [0.05, 0.1) is 17.8 Å². The molecule has 0 amide bonds. The van der Waals surface area contributed by atoms with Crippen LogP contribution in [0.3, 0.4) is 0 Å². The maximum Gasteiger partial charge on any atom is 0.143 e. The summed E-state index contributed by atoms with van der Waals surface area (Å²) in [4.78, 5) is 0. The second-order valence-corrected chi connectivity index (χ2v) is 3.24. The van der Waals surface area contributed by atoms with E-state index in [9.17, 15) is 0 Å². The Hall–Kier alpha value is -1.23. The van der Waals surface area contributed by atoms with Crippen LogP contribution in [0.15, 0.2) is 17.5 Å². The predicted molar refractivity (Wildman–Crippen MR) is 49.8 cm³/mol. The van der Waals surface area contributed by atoms with Gasteiger partial charge >= 0.3 is 0 Å². The molecule has 0 radical (unpaired) electrons. The summed E-state index contributed by atoms with van der Waals surface area (Å²) in [7, 11) is 0. The van der Waals surface area contributed by atoms with Crippen molar-refractivity contribution >= 4 is 17.4 Å². The van der Waals surface area contributed by atoms with Gasteiger partial charge in [-0.2, -0.15) is 5.10 Å². The number of halogens is 1. The lowest BCUT2D eigenvalue weighted by Crippen LogP contribution is -2.25. The molecule has 0 spiro atoms. The zero-order chi connectivity index (χ0) is 9.84. The summed E-state index contributed by atoms with van der Waals surface area (Å²) in [5.41, 5.74) is 5.40. The fraction of sp³-hybridized carbons (Fsp3) is 0.429. The van der Waals surface area contributed by atoms with Gasteiger partial charge in [-0.1, -0.05) is 23.7 Å². The van der Waals surface area contributed by atoms with Crippen molar-refractivity contribution in [2.45, 2.75) is 13.5 Å². The van der Waals surface area contributed by atoms with Gasteiger partial charge in [0.1, 0.15) is 5.84 Å². The van der Waals surface area contributed by atoms with Gasteiger partial charge in [-0.15, -0.1) is 0 Å². The SMILES string of the molecule is CC(Cn1cc(Cl)cn1)/C(N)=N/O. The maximum absolute atomic E-state index is 8.40. The minimum Gasteiger partial charge on any atom is -0.409 e. The van der Waals surface area contributed by atoms with E-state index in [1.165, 1.54) is 0 Å². The van der Waals surface area contributed by atoms with Crippen LogP contribution in [0.4, 0.5) is 0 Å². The fourth-order valence-electron chi connectivity index (χ4n) is 0.911. The van der Waals surface area contributed by atoms with E-state index >= 15 is 0 Å². The van der Waals surface area contributed by atoms with E-state index in [0.29, 0.717) is 11.6 Å². The first kappa shape index (κ1) is 9.85. The van der Waals surface area contributed by atoms with E-state index in [1.54, 1.807) is 17.1 Å². The van der Waals surface area contributed by atoms with Crippen molar-refractivity contribution in [1.82, 2.24) is 9.78 Å². The topological polar surface area (TPSA) is 76.4 Å². The molecule has 1 aromatic heterocycles. The van der Waals surface area contributed by atoms with E-state index in [1.807, 2.05) is 6.92 Å². The van der Waals surface area contributed by atoms with E-state index in [0.717, 1.165) is 0 Å². The van der Waals surface area contributed by atoms with Gasteiger partial charge < -0.3 is 10.9 Å². The van der Waals surface area contributed by atoms with Crippen LogP contribution in [0.5, 0.6) is 0 Å². The third-order valence-electron chi connectivity index (χ3n) is 1.68. The summed E-state index contributed by atoms with van der Waals surface area (Å²) >= 11 is 5.66. The van der Waals surface area contributed by atoms with Crippen molar-refractivity contribution in [3.63, 3.8) is 0 Å². The summed E-state index contributed by atoms with van der Waals surface area (Å²) in [6.45, 7) is 2.38. The highest BCUT2D eigenvalue weighted by atomic mass is 35.5. The number of oxime groups is 1. The molecule has 0 aliphatic rings. The first-order valence-electron chi connectivity index (χ1n) is 3.79. The molecule has 0 aliphatic carbocycles. The summed E-state index contributed by atoms with van der Waals surface area (Å²) in [5, 5.41) is 15.8. The molecule has 0 aliphatic heterocycles. The molecule has 0 saturated heterocycles. The molecule has 6 heteroatoms. The average Bonchev–Trinajstić information content (AvgIpc) is 2.49. The van der Waals surface area contributed by atoms with E-state index in [-0.39, 0.29) is 11.8 Å². The van der Waals surface area contributed by atoms with Gasteiger partial charge in [0.15, 0.2) is 0 Å². The van der Waals surface area contributed by atoms with Crippen molar-refractivity contribution in [2.24, 2.45) is 16.8 Å².